The Bertz CT molecular complexity index is 1290. The fraction of sp³-hybridized carbons (Fsp3) is 0.455. The molecule has 0 bridgehead atoms. The van der Waals surface area contributed by atoms with Crippen LogP contribution >= 0.6 is 23.2 Å². The minimum absolute atomic E-state index is 0.332. The summed E-state index contributed by atoms with van der Waals surface area (Å²) in [6.07, 6.45) is -5.69. The molecule has 1 aliphatic rings. The van der Waals surface area contributed by atoms with Crippen molar-refractivity contribution in [3.05, 3.63) is 39.0 Å². The minimum Gasteiger partial charge on any atom is -0.444 e. The summed E-state index contributed by atoms with van der Waals surface area (Å²) in [6, 6.07) is 2.84. The number of carbonyl (C=O) groups is 1. The number of nitrogens with zero attached hydrogens (tertiary/aromatic N) is 5. The molecule has 37 heavy (non-hydrogen) atoms. The van der Waals surface area contributed by atoms with Crippen molar-refractivity contribution < 1.29 is 31.5 Å². The Morgan fingerprint density at radius 2 is 1.81 bits per heavy atom. The Kier molecular flexibility index (Phi) is 7.17. The van der Waals surface area contributed by atoms with Crippen LogP contribution in [0.2, 0.25) is 10.0 Å². The van der Waals surface area contributed by atoms with Crippen molar-refractivity contribution in [1.29, 1.82) is 5.26 Å². The molecule has 1 atom stereocenters. The van der Waals surface area contributed by atoms with Gasteiger partial charge in [-0.2, -0.15) is 23.5 Å². The molecule has 1 amide bonds. The molecule has 0 radical (unpaired) electrons. The number of ether oxygens (including phenoxy) is 1. The molecule has 8 nitrogen and oxygen atoms in total. The monoisotopic (exact) mass is 566 g/mol. The van der Waals surface area contributed by atoms with Gasteiger partial charge in [-0.25, -0.2) is 23.2 Å². The van der Waals surface area contributed by atoms with Gasteiger partial charge in [-0.1, -0.05) is 23.2 Å². The molecule has 3 rings (SSSR count). The van der Waals surface area contributed by atoms with Crippen LogP contribution < -0.4 is 5.32 Å². The number of nitrogens with one attached hydrogen (secondary N) is 1. The summed E-state index contributed by atoms with van der Waals surface area (Å²) in [5.74, 6) is -3.94. The van der Waals surface area contributed by atoms with E-state index in [0.29, 0.717) is 12.1 Å². The zero-order valence-corrected chi connectivity index (χ0v) is 21.6. The quantitative estimate of drug-likeness (QED) is 0.270. The first kappa shape index (κ1) is 28.5. The summed E-state index contributed by atoms with van der Waals surface area (Å²) in [7, 11) is 3.13. The Labute approximate surface area is 218 Å². The van der Waals surface area contributed by atoms with Crippen LogP contribution in [0.5, 0.6) is 0 Å². The lowest BCUT2D eigenvalue weighted by molar-refractivity contribution is -0.137. The molecular weight excluding hydrogens is 546 g/mol. The zero-order valence-electron chi connectivity index (χ0n) is 20.1. The van der Waals surface area contributed by atoms with Crippen LogP contribution in [0, 0.1) is 11.3 Å². The summed E-state index contributed by atoms with van der Waals surface area (Å²) in [6.45, 7) is 4.60. The van der Waals surface area contributed by atoms with Crippen LogP contribution in [0.4, 0.5) is 32.6 Å². The third-order valence-corrected chi connectivity index (χ3v) is 5.64. The van der Waals surface area contributed by atoms with Crippen molar-refractivity contribution in [3.63, 3.8) is 0 Å². The van der Waals surface area contributed by atoms with Crippen molar-refractivity contribution in [2.24, 2.45) is 4.99 Å². The molecule has 1 fully saturated rings. The van der Waals surface area contributed by atoms with E-state index in [9.17, 15) is 32.0 Å². The standard InChI is InChI=1S/C22H21Cl2F5N6O2/c1-19(2,3)37-18(36)32-20(9-21(20,25)26)15-14(8-30)33-35(17(15)31-10-34(4)5)16-12(23)6-11(7-13(16)24)22(27,28)29/h6-7,10H,9H2,1-5H3,(H,32,36). The molecule has 1 saturated carbocycles. The van der Waals surface area contributed by atoms with Gasteiger partial charge in [0.05, 0.1) is 27.5 Å². The predicted molar refractivity (Wildman–Crippen MR) is 126 cm³/mol. The number of aromatic nitrogens is 2. The molecule has 1 aliphatic carbocycles. The van der Waals surface area contributed by atoms with Gasteiger partial charge in [0.25, 0.3) is 5.92 Å². The van der Waals surface area contributed by atoms with E-state index in [4.69, 9.17) is 27.9 Å². The highest BCUT2D eigenvalue weighted by atomic mass is 35.5. The van der Waals surface area contributed by atoms with Gasteiger partial charge < -0.3 is 15.0 Å². The number of alkyl halides is 5. The van der Waals surface area contributed by atoms with Crippen LogP contribution in [0.3, 0.4) is 0 Å². The lowest BCUT2D eigenvalue weighted by Crippen LogP contribution is -2.42. The molecular formula is C22H21Cl2F5N6O2. The molecule has 0 saturated heterocycles. The van der Waals surface area contributed by atoms with Crippen molar-refractivity contribution in [3.8, 4) is 11.8 Å². The number of halogens is 7. The molecule has 1 aromatic carbocycles. The lowest BCUT2D eigenvalue weighted by atomic mass is 10.0. The van der Waals surface area contributed by atoms with E-state index in [0.717, 1.165) is 4.68 Å². The molecule has 1 aromatic heterocycles. The van der Waals surface area contributed by atoms with Gasteiger partial charge in [-0.3, -0.25) is 0 Å². The Morgan fingerprint density at radius 3 is 2.22 bits per heavy atom. The van der Waals surface area contributed by atoms with Crippen LogP contribution in [-0.4, -0.2) is 52.7 Å². The van der Waals surface area contributed by atoms with Crippen LogP contribution in [0.15, 0.2) is 17.1 Å². The van der Waals surface area contributed by atoms with Gasteiger partial charge >= 0.3 is 12.3 Å². The predicted octanol–water partition coefficient (Wildman–Crippen LogP) is 6.05. The van der Waals surface area contributed by atoms with E-state index in [-0.39, 0.29) is 5.69 Å². The molecule has 1 unspecified atom stereocenters. The maximum Gasteiger partial charge on any atom is 0.416 e. The van der Waals surface area contributed by atoms with Crippen LogP contribution in [0.25, 0.3) is 5.69 Å². The van der Waals surface area contributed by atoms with Crippen molar-refractivity contribution in [2.45, 2.75) is 50.4 Å². The fourth-order valence-electron chi connectivity index (χ4n) is 3.49. The number of alkyl carbamates (subject to hydrolysis) is 1. The van der Waals surface area contributed by atoms with E-state index < -0.39 is 68.4 Å². The highest BCUT2D eigenvalue weighted by Gasteiger charge is 2.75. The Hall–Kier alpha value is -3.11. The summed E-state index contributed by atoms with van der Waals surface area (Å²) in [5.41, 5.74) is -6.01. The van der Waals surface area contributed by atoms with Crippen LogP contribution in [0.1, 0.15) is 44.0 Å². The first-order valence-electron chi connectivity index (χ1n) is 10.5. The summed E-state index contributed by atoms with van der Waals surface area (Å²) >= 11 is 12.3. The number of amides is 1. The third-order valence-electron chi connectivity index (χ3n) is 5.06. The number of hydrogen-bond donors (Lipinski definition) is 1. The van der Waals surface area contributed by atoms with Gasteiger partial charge in [-0.15, -0.1) is 0 Å². The van der Waals surface area contributed by atoms with Gasteiger partial charge in [0.1, 0.15) is 22.9 Å². The maximum atomic E-state index is 14.9. The molecule has 2 aromatic rings. The lowest BCUT2D eigenvalue weighted by Gasteiger charge is -2.24. The summed E-state index contributed by atoms with van der Waals surface area (Å²) < 4.78 is 75.5. The van der Waals surface area contributed by atoms with Crippen molar-refractivity contribution >= 4 is 41.5 Å². The fourth-order valence-corrected chi connectivity index (χ4v) is 4.14. The zero-order chi connectivity index (χ0) is 28.1. The van der Waals surface area contributed by atoms with Gasteiger partial charge in [0.15, 0.2) is 11.5 Å². The summed E-state index contributed by atoms with van der Waals surface area (Å²) in [5, 5.41) is 14.8. The molecule has 0 spiro atoms. The topological polar surface area (TPSA) is 95.5 Å². The van der Waals surface area contributed by atoms with E-state index in [1.807, 2.05) is 0 Å². The van der Waals surface area contributed by atoms with Gasteiger partial charge in [-0.05, 0) is 32.9 Å². The average molecular weight is 567 g/mol. The van der Waals surface area contributed by atoms with Crippen LogP contribution in [-0.2, 0) is 16.5 Å². The number of benzene rings is 1. The first-order chi connectivity index (χ1) is 16.8. The molecule has 1 N–H and O–H groups in total. The largest absolute Gasteiger partial charge is 0.444 e. The number of carbonyl (C=O) groups excluding carboxylic acids is 1. The highest BCUT2D eigenvalue weighted by molar-refractivity contribution is 6.38. The van der Waals surface area contributed by atoms with Crippen molar-refractivity contribution in [2.75, 3.05) is 14.1 Å². The normalized spacial score (nSPS) is 19.0. The minimum atomic E-state index is -4.78. The maximum absolute atomic E-state index is 14.9. The number of hydrogen-bond acceptors (Lipinski definition) is 5. The molecule has 1 heterocycles. The third kappa shape index (κ3) is 5.60. The number of nitriles is 1. The smallest absolute Gasteiger partial charge is 0.416 e. The van der Waals surface area contributed by atoms with Crippen molar-refractivity contribution in [1.82, 2.24) is 20.0 Å². The highest BCUT2D eigenvalue weighted by Crippen LogP contribution is 2.62. The SMILES string of the molecule is CN(C)C=Nc1c(C2(NC(=O)OC(C)(C)C)CC2(F)F)c(C#N)nn1-c1c(Cl)cc(C(F)(F)F)cc1Cl. The van der Waals surface area contributed by atoms with Gasteiger partial charge in [0, 0.05) is 20.5 Å². The second-order valence-corrected chi connectivity index (χ2v) is 10.3. The molecule has 200 valence electrons. The average Bonchev–Trinajstić information content (AvgIpc) is 3.07. The molecule has 0 aliphatic heterocycles. The summed E-state index contributed by atoms with van der Waals surface area (Å²) in [4.78, 5) is 18.1. The number of rotatable bonds is 5. The van der Waals surface area contributed by atoms with E-state index in [1.54, 1.807) is 20.2 Å². The number of aliphatic imine (C=N–C) groups is 1. The second kappa shape index (κ2) is 9.33. The van der Waals surface area contributed by atoms with Gasteiger partial charge in [0.2, 0.25) is 0 Å². The first-order valence-corrected chi connectivity index (χ1v) is 11.3. The second-order valence-electron chi connectivity index (χ2n) is 9.48. The van der Waals surface area contributed by atoms with E-state index >= 15 is 0 Å². The van der Waals surface area contributed by atoms with E-state index in [2.05, 4.69) is 15.4 Å². The molecule has 15 heteroatoms. The Morgan fingerprint density at radius 1 is 1.27 bits per heavy atom. The Balaban J connectivity index is 2.30. The van der Waals surface area contributed by atoms with E-state index in [1.165, 1.54) is 32.0 Å².